The summed E-state index contributed by atoms with van der Waals surface area (Å²) >= 11 is 0. The van der Waals surface area contributed by atoms with Crippen LogP contribution in [0.15, 0.2) is 24.3 Å². The van der Waals surface area contributed by atoms with E-state index in [0.29, 0.717) is 11.3 Å². The van der Waals surface area contributed by atoms with Crippen LogP contribution in [0, 0.1) is 0 Å². The van der Waals surface area contributed by atoms with E-state index in [1.165, 1.54) is 0 Å². The van der Waals surface area contributed by atoms with E-state index in [9.17, 15) is 4.79 Å². The Bertz CT molecular complexity index is 299. The van der Waals surface area contributed by atoms with Gasteiger partial charge in [-0.15, -0.1) is 0 Å². The molecule has 1 unspecified atom stereocenters. The Balaban J connectivity index is 3.02. The van der Waals surface area contributed by atoms with Crippen LogP contribution >= 0.6 is 0 Å². The lowest BCUT2D eigenvalue weighted by atomic mass is 10.1. The molecule has 5 N–H and O–H groups in total. The van der Waals surface area contributed by atoms with Gasteiger partial charge in [0.15, 0.2) is 0 Å². The number of para-hydroxylation sites is 1. The molecule has 0 spiro atoms. The highest BCUT2D eigenvalue weighted by molar-refractivity contribution is 5.77. The minimum atomic E-state index is -1.08. The Morgan fingerprint density at radius 1 is 1.42 bits per heavy atom. The molecule has 1 aromatic carbocycles. The summed E-state index contributed by atoms with van der Waals surface area (Å²) in [5, 5.41) is 8.58. The highest BCUT2D eigenvalue weighted by Gasteiger charge is 2.15. The third-order valence-corrected chi connectivity index (χ3v) is 1.60. The molecule has 1 aromatic rings. The Hall–Kier alpha value is -1.55. The molecular weight excluding hydrogens is 156 g/mol. The van der Waals surface area contributed by atoms with Gasteiger partial charge in [-0.25, -0.2) is 0 Å². The van der Waals surface area contributed by atoms with Crippen LogP contribution in [0.3, 0.4) is 0 Å². The molecule has 0 saturated carbocycles. The van der Waals surface area contributed by atoms with Crippen molar-refractivity contribution in [2.24, 2.45) is 5.73 Å². The van der Waals surface area contributed by atoms with Crippen LogP contribution in [0.5, 0.6) is 0 Å². The summed E-state index contributed by atoms with van der Waals surface area (Å²) in [6, 6.07) is 5.62. The number of rotatable bonds is 2. The fourth-order valence-corrected chi connectivity index (χ4v) is 0.927. The molecule has 0 aliphatic rings. The lowest BCUT2D eigenvalue weighted by molar-refractivity contribution is -0.138. The number of hydrogen-bond donors (Lipinski definition) is 3. The molecule has 1 rings (SSSR count). The van der Waals surface area contributed by atoms with E-state index < -0.39 is 12.0 Å². The van der Waals surface area contributed by atoms with Crippen LogP contribution in [0.2, 0.25) is 0 Å². The summed E-state index contributed by atoms with van der Waals surface area (Å²) in [5.41, 5.74) is 11.7. The highest BCUT2D eigenvalue weighted by Crippen LogP contribution is 2.17. The first-order valence-electron chi connectivity index (χ1n) is 3.45. The topological polar surface area (TPSA) is 89.3 Å². The van der Waals surface area contributed by atoms with Gasteiger partial charge in [0.1, 0.15) is 6.04 Å². The van der Waals surface area contributed by atoms with Gasteiger partial charge in [-0.1, -0.05) is 18.2 Å². The van der Waals surface area contributed by atoms with Gasteiger partial charge in [-0.3, -0.25) is 4.79 Å². The predicted molar refractivity (Wildman–Crippen MR) is 45.4 cm³/mol. The Labute approximate surface area is 69.8 Å². The Kier molecular flexibility index (Phi) is 2.30. The quantitative estimate of drug-likeness (QED) is 0.553. The first-order chi connectivity index (χ1) is 5.63. The van der Waals surface area contributed by atoms with Gasteiger partial charge in [-0.05, 0) is 6.07 Å². The average molecular weight is 166 g/mol. The summed E-state index contributed by atoms with van der Waals surface area (Å²) in [4.78, 5) is 10.5. The van der Waals surface area contributed by atoms with E-state index in [-0.39, 0.29) is 0 Å². The number of carbonyl (C=O) groups is 1. The number of carboxylic acids is 1. The van der Waals surface area contributed by atoms with Crippen molar-refractivity contribution in [1.82, 2.24) is 0 Å². The number of aliphatic carboxylic acids is 1. The monoisotopic (exact) mass is 166 g/mol. The lowest BCUT2D eigenvalue weighted by Crippen LogP contribution is -2.21. The maximum atomic E-state index is 10.5. The van der Waals surface area contributed by atoms with Crippen molar-refractivity contribution >= 4 is 11.7 Å². The zero-order valence-corrected chi connectivity index (χ0v) is 6.40. The molecule has 0 radical (unpaired) electrons. The number of carboxylic acid groups (broad SMARTS) is 1. The molecule has 4 nitrogen and oxygen atoms in total. The molecule has 4 heteroatoms. The maximum Gasteiger partial charge on any atom is 0.325 e. The highest BCUT2D eigenvalue weighted by atomic mass is 16.4. The van der Waals surface area contributed by atoms with Crippen molar-refractivity contribution in [1.29, 1.82) is 0 Å². The van der Waals surface area contributed by atoms with E-state index >= 15 is 0 Å². The largest absolute Gasteiger partial charge is 0.480 e. The average Bonchev–Trinajstić information content (AvgIpc) is 2.04. The molecular formula is C8H10N2O2. The number of nitrogens with two attached hydrogens (primary N) is 2. The van der Waals surface area contributed by atoms with Crippen molar-refractivity contribution in [2.75, 3.05) is 5.73 Å². The van der Waals surface area contributed by atoms with Gasteiger partial charge in [0.2, 0.25) is 0 Å². The summed E-state index contributed by atoms with van der Waals surface area (Å²) in [6.07, 6.45) is 0. The van der Waals surface area contributed by atoms with Crippen LogP contribution in [0.1, 0.15) is 11.6 Å². The van der Waals surface area contributed by atoms with Gasteiger partial charge in [0.05, 0.1) is 0 Å². The first kappa shape index (κ1) is 8.55. The fourth-order valence-electron chi connectivity index (χ4n) is 0.927. The number of benzene rings is 1. The van der Waals surface area contributed by atoms with Crippen molar-refractivity contribution in [3.63, 3.8) is 0 Å². The van der Waals surface area contributed by atoms with Gasteiger partial charge >= 0.3 is 5.97 Å². The van der Waals surface area contributed by atoms with Crippen LogP contribution < -0.4 is 11.5 Å². The van der Waals surface area contributed by atoms with Crippen LogP contribution in [0.25, 0.3) is 0 Å². The zero-order chi connectivity index (χ0) is 9.14. The predicted octanol–water partition coefficient (Wildman–Crippen LogP) is 0.353. The fraction of sp³-hybridized carbons (Fsp3) is 0.125. The van der Waals surface area contributed by atoms with E-state index in [0.717, 1.165) is 0 Å². The first-order valence-corrected chi connectivity index (χ1v) is 3.45. The summed E-state index contributed by atoms with van der Waals surface area (Å²) in [6.45, 7) is 0. The van der Waals surface area contributed by atoms with Crippen molar-refractivity contribution in [2.45, 2.75) is 6.04 Å². The van der Waals surface area contributed by atoms with Gasteiger partial charge in [0.25, 0.3) is 0 Å². The van der Waals surface area contributed by atoms with E-state index in [1.54, 1.807) is 24.3 Å². The summed E-state index contributed by atoms with van der Waals surface area (Å²) in [5.74, 6) is -1.08. The van der Waals surface area contributed by atoms with Crippen molar-refractivity contribution in [3.8, 4) is 0 Å². The number of anilines is 1. The van der Waals surface area contributed by atoms with Gasteiger partial charge < -0.3 is 16.6 Å². The normalized spacial score (nSPS) is 12.4. The molecule has 0 aromatic heterocycles. The van der Waals surface area contributed by atoms with Crippen molar-refractivity contribution < 1.29 is 9.90 Å². The zero-order valence-electron chi connectivity index (χ0n) is 6.40. The molecule has 0 amide bonds. The summed E-state index contributed by atoms with van der Waals surface area (Å²) < 4.78 is 0. The van der Waals surface area contributed by atoms with Crippen LogP contribution in [-0.4, -0.2) is 11.1 Å². The third-order valence-electron chi connectivity index (χ3n) is 1.60. The molecule has 0 bridgehead atoms. The summed E-state index contributed by atoms with van der Waals surface area (Å²) in [7, 11) is 0. The molecule has 12 heavy (non-hydrogen) atoms. The molecule has 0 heterocycles. The van der Waals surface area contributed by atoms with Gasteiger partial charge in [-0.2, -0.15) is 0 Å². The molecule has 64 valence electrons. The van der Waals surface area contributed by atoms with E-state index in [1.807, 2.05) is 0 Å². The van der Waals surface area contributed by atoms with E-state index in [2.05, 4.69) is 0 Å². The lowest BCUT2D eigenvalue weighted by Gasteiger charge is -2.08. The van der Waals surface area contributed by atoms with Gasteiger partial charge in [0, 0.05) is 11.3 Å². The smallest absolute Gasteiger partial charge is 0.325 e. The number of hydrogen-bond acceptors (Lipinski definition) is 3. The van der Waals surface area contributed by atoms with Crippen LogP contribution in [0.4, 0.5) is 5.69 Å². The molecule has 1 atom stereocenters. The third kappa shape index (κ3) is 1.54. The number of nitrogen functional groups attached to an aromatic ring is 1. The second kappa shape index (κ2) is 3.23. The molecule has 0 fully saturated rings. The maximum absolute atomic E-state index is 10.5. The molecule has 0 aliphatic heterocycles. The minimum absolute atomic E-state index is 0.410. The molecule has 0 saturated heterocycles. The Morgan fingerprint density at radius 2 is 2.00 bits per heavy atom. The Morgan fingerprint density at radius 3 is 2.50 bits per heavy atom. The second-order valence-electron chi connectivity index (χ2n) is 2.44. The standard InChI is InChI=1S/C8H10N2O2/c9-6-4-2-1-3-5(6)7(10)8(11)12/h1-4,7H,9-10H2,(H,11,12). The van der Waals surface area contributed by atoms with E-state index in [4.69, 9.17) is 16.6 Å². The van der Waals surface area contributed by atoms with Crippen molar-refractivity contribution in [3.05, 3.63) is 29.8 Å². The minimum Gasteiger partial charge on any atom is -0.480 e. The van der Waals surface area contributed by atoms with Crippen LogP contribution in [-0.2, 0) is 4.79 Å². The molecule has 0 aliphatic carbocycles. The second-order valence-corrected chi connectivity index (χ2v) is 2.44. The SMILES string of the molecule is Nc1ccccc1C(N)C(=O)O.